The van der Waals surface area contributed by atoms with Crippen molar-refractivity contribution in [3.8, 4) is 5.75 Å². The lowest BCUT2D eigenvalue weighted by molar-refractivity contribution is -0.235. The van der Waals surface area contributed by atoms with Crippen LogP contribution in [-0.4, -0.2) is 31.4 Å². The van der Waals surface area contributed by atoms with Crippen molar-refractivity contribution in [3.63, 3.8) is 0 Å². The van der Waals surface area contributed by atoms with Crippen molar-refractivity contribution >= 4 is 23.1 Å². The number of thiophene rings is 1. The highest BCUT2D eigenvalue weighted by Crippen LogP contribution is 2.24. The van der Waals surface area contributed by atoms with E-state index in [1.165, 1.54) is 10.5 Å². The summed E-state index contributed by atoms with van der Waals surface area (Å²) in [4.78, 5) is 1.28. The molecule has 2 atom stereocenters. The van der Waals surface area contributed by atoms with Crippen LogP contribution in [0.4, 0.5) is 0 Å². The van der Waals surface area contributed by atoms with Crippen LogP contribution in [0.1, 0.15) is 12.0 Å². The van der Waals surface area contributed by atoms with Gasteiger partial charge in [-0.3, -0.25) is 0 Å². The number of thioether (sulfide) groups is 1. The van der Waals surface area contributed by atoms with Gasteiger partial charge in [-0.05, 0) is 30.5 Å². The predicted molar refractivity (Wildman–Crippen MR) is 90.9 cm³/mol. The highest BCUT2D eigenvalue weighted by Gasteiger charge is 2.24. The maximum Gasteiger partial charge on any atom is 0.160 e. The third kappa shape index (κ3) is 4.74. The third-order valence-electron chi connectivity index (χ3n) is 3.39. The fourth-order valence-electron chi connectivity index (χ4n) is 2.01. The summed E-state index contributed by atoms with van der Waals surface area (Å²) >= 11 is 3.51. The minimum Gasteiger partial charge on any atom is -0.491 e. The van der Waals surface area contributed by atoms with Crippen LogP contribution >= 0.6 is 23.1 Å². The first-order chi connectivity index (χ1) is 10.8. The average molecular weight is 336 g/mol. The summed E-state index contributed by atoms with van der Waals surface area (Å²) in [5, 5.41) is 4.25. The maximum atomic E-state index is 5.97. The minimum absolute atomic E-state index is 0.0245. The molecule has 3 nitrogen and oxygen atoms in total. The van der Waals surface area contributed by atoms with Crippen molar-refractivity contribution in [1.82, 2.24) is 0 Å². The average Bonchev–Trinajstić information content (AvgIpc) is 2.99. The van der Waals surface area contributed by atoms with Crippen LogP contribution in [0.5, 0.6) is 5.75 Å². The Balaban J connectivity index is 1.51. The molecular formula is C17H20O3S2. The highest BCUT2D eigenvalue weighted by molar-refractivity contribution is 7.99. The Bertz CT molecular complexity index is 550. The van der Waals surface area contributed by atoms with Crippen LogP contribution in [0.3, 0.4) is 0 Å². The van der Waals surface area contributed by atoms with Crippen molar-refractivity contribution in [3.05, 3.63) is 46.7 Å². The van der Waals surface area contributed by atoms with Crippen molar-refractivity contribution in [2.45, 2.75) is 30.6 Å². The minimum atomic E-state index is -0.0605. The van der Waals surface area contributed by atoms with E-state index in [-0.39, 0.29) is 12.4 Å². The van der Waals surface area contributed by atoms with Gasteiger partial charge in [0.15, 0.2) is 6.29 Å². The van der Waals surface area contributed by atoms with Gasteiger partial charge < -0.3 is 14.2 Å². The van der Waals surface area contributed by atoms with Gasteiger partial charge in [0.2, 0.25) is 0 Å². The molecule has 118 valence electrons. The van der Waals surface area contributed by atoms with E-state index in [4.69, 9.17) is 14.2 Å². The van der Waals surface area contributed by atoms with E-state index >= 15 is 0 Å². The largest absolute Gasteiger partial charge is 0.491 e. The first-order valence-corrected chi connectivity index (χ1v) is 9.34. The fourth-order valence-corrected chi connectivity index (χ4v) is 3.77. The predicted octanol–water partition coefficient (Wildman–Crippen LogP) is 4.36. The van der Waals surface area contributed by atoms with Crippen LogP contribution in [0.15, 0.2) is 46.0 Å². The van der Waals surface area contributed by atoms with E-state index in [1.807, 2.05) is 12.1 Å². The van der Waals surface area contributed by atoms with Crippen molar-refractivity contribution < 1.29 is 14.2 Å². The number of ether oxygens (including phenoxy) is 3. The molecular weight excluding hydrogens is 316 g/mol. The lowest BCUT2D eigenvalue weighted by atomic mass is 10.2. The van der Waals surface area contributed by atoms with Gasteiger partial charge >= 0.3 is 0 Å². The van der Waals surface area contributed by atoms with Crippen LogP contribution in [-0.2, 0) is 9.47 Å². The number of hydrogen-bond donors (Lipinski definition) is 0. The molecule has 2 heterocycles. The Morgan fingerprint density at radius 2 is 2.14 bits per heavy atom. The lowest BCUT2D eigenvalue weighted by Crippen LogP contribution is -2.37. The van der Waals surface area contributed by atoms with Gasteiger partial charge in [0.1, 0.15) is 18.5 Å². The molecule has 1 aliphatic rings. The van der Waals surface area contributed by atoms with Crippen molar-refractivity contribution in [2.75, 3.05) is 19.0 Å². The molecule has 0 amide bonds. The number of hydrogen-bond acceptors (Lipinski definition) is 5. The van der Waals surface area contributed by atoms with E-state index < -0.39 is 0 Å². The molecule has 0 N–H and O–H groups in total. The summed E-state index contributed by atoms with van der Waals surface area (Å²) in [6, 6.07) is 10.2. The second kappa shape index (κ2) is 8.02. The normalized spacial score (nSPS) is 18.7. The van der Waals surface area contributed by atoms with Gasteiger partial charge in [-0.1, -0.05) is 17.7 Å². The molecule has 5 heteroatoms. The first kappa shape index (κ1) is 15.9. The molecule has 2 aromatic rings. The molecule has 0 saturated carbocycles. The maximum absolute atomic E-state index is 5.97. The molecule has 1 aromatic heterocycles. The molecule has 0 bridgehead atoms. The van der Waals surface area contributed by atoms with E-state index in [9.17, 15) is 0 Å². The zero-order valence-electron chi connectivity index (χ0n) is 12.6. The van der Waals surface area contributed by atoms with Gasteiger partial charge in [0, 0.05) is 22.4 Å². The first-order valence-electron chi connectivity index (χ1n) is 7.41. The second-order valence-electron chi connectivity index (χ2n) is 5.24. The quantitative estimate of drug-likeness (QED) is 0.670. The Labute approximate surface area is 139 Å². The van der Waals surface area contributed by atoms with Gasteiger partial charge in [0.25, 0.3) is 0 Å². The van der Waals surface area contributed by atoms with Crippen molar-refractivity contribution in [2.24, 2.45) is 0 Å². The van der Waals surface area contributed by atoms with Gasteiger partial charge in [-0.25, -0.2) is 0 Å². The zero-order chi connectivity index (χ0) is 15.2. The molecule has 2 unspecified atom stereocenters. The molecule has 0 spiro atoms. The summed E-state index contributed by atoms with van der Waals surface area (Å²) in [6.45, 7) is 3.41. The van der Waals surface area contributed by atoms with Gasteiger partial charge in [-0.15, -0.1) is 11.8 Å². The van der Waals surface area contributed by atoms with E-state index in [1.54, 1.807) is 23.1 Å². The molecule has 22 heavy (non-hydrogen) atoms. The van der Waals surface area contributed by atoms with Gasteiger partial charge in [-0.2, -0.15) is 11.3 Å². The molecule has 3 rings (SSSR count). The SMILES string of the molecule is Cc1ccc(OCC(CSc2ccsc2)OC2CCO2)cc1. The Hall–Kier alpha value is -1.01. The Morgan fingerprint density at radius 1 is 1.32 bits per heavy atom. The van der Waals surface area contributed by atoms with Crippen LogP contribution in [0.25, 0.3) is 0 Å². The molecule has 0 radical (unpaired) electrons. The molecule has 1 aliphatic heterocycles. The Morgan fingerprint density at radius 3 is 2.77 bits per heavy atom. The topological polar surface area (TPSA) is 27.7 Å². The van der Waals surface area contributed by atoms with Crippen LogP contribution in [0, 0.1) is 6.92 Å². The summed E-state index contributed by atoms with van der Waals surface area (Å²) in [5.74, 6) is 1.75. The monoisotopic (exact) mass is 336 g/mol. The van der Waals surface area contributed by atoms with E-state index in [2.05, 4.69) is 35.9 Å². The molecule has 0 aliphatic carbocycles. The van der Waals surface area contributed by atoms with Crippen LogP contribution < -0.4 is 4.74 Å². The summed E-state index contributed by atoms with van der Waals surface area (Å²) in [6.07, 6.45) is 0.940. The van der Waals surface area contributed by atoms with Crippen LogP contribution in [0.2, 0.25) is 0 Å². The van der Waals surface area contributed by atoms with E-state index in [0.717, 1.165) is 24.5 Å². The number of rotatable bonds is 8. The standard InChI is InChI=1S/C17H20O3S2/c1-13-2-4-14(5-3-13)19-10-15(20-17-6-8-18-17)11-22-16-7-9-21-12-16/h2-5,7,9,12,15,17H,6,8,10-11H2,1H3. The second-order valence-corrected chi connectivity index (χ2v) is 7.11. The Kier molecular flexibility index (Phi) is 5.78. The zero-order valence-corrected chi connectivity index (χ0v) is 14.2. The number of benzene rings is 1. The van der Waals surface area contributed by atoms with Gasteiger partial charge in [0.05, 0.1) is 6.61 Å². The smallest absolute Gasteiger partial charge is 0.160 e. The third-order valence-corrected chi connectivity index (χ3v) is 5.35. The van der Waals surface area contributed by atoms with E-state index in [0.29, 0.717) is 6.61 Å². The summed E-state index contributed by atoms with van der Waals surface area (Å²) in [5.41, 5.74) is 1.23. The molecule has 1 aromatic carbocycles. The lowest BCUT2D eigenvalue weighted by Gasteiger charge is -2.30. The van der Waals surface area contributed by atoms with Crippen molar-refractivity contribution in [1.29, 1.82) is 0 Å². The number of aryl methyl sites for hydroxylation is 1. The summed E-state index contributed by atoms with van der Waals surface area (Å²) in [7, 11) is 0. The highest BCUT2D eigenvalue weighted by atomic mass is 32.2. The molecule has 1 fully saturated rings. The molecule has 1 saturated heterocycles. The fraction of sp³-hybridized carbons (Fsp3) is 0.412. The summed E-state index contributed by atoms with van der Waals surface area (Å²) < 4.78 is 17.2.